The van der Waals surface area contributed by atoms with Gasteiger partial charge >= 0.3 is 0 Å². The third-order valence-corrected chi connectivity index (χ3v) is 7.21. The molecule has 2 aromatic carbocycles. The van der Waals surface area contributed by atoms with Crippen molar-refractivity contribution in [2.45, 2.75) is 44.4 Å². The molecular weight excluding hydrogens is 487 g/mol. The summed E-state index contributed by atoms with van der Waals surface area (Å²) in [5.74, 6) is -0.326. The van der Waals surface area contributed by atoms with Gasteiger partial charge in [-0.05, 0) is 55.5 Å². The summed E-state index contributed by atoms with van der Waals surface area (Å²) in [5, 5.41) is 6.85. The molecule has 0 spiro atoms. The summed E-state index contributed by atoms with van der Waals surface area (Å²) in [6, 6.07) is 12.2. The minimum absolute atomic E-state index is 0.0707. The van der Waals surface area contributed by atoms with Crippen molar-refractivity contribution in [1.29, 1.82) is 0 Å². The van der Waals surface area contributed by atoms with E-state index in [1.54, 1.807) is 36.4 Å². The van der Waals surface area contributed by atoms with Crippen LogP contribution in [0.25, 0.3) is 0 Å². The Labute approximate surface area is 213 Å². The van der Waals surface area contributed by atoms with E-state index >= 15 is 0 Å². The molecule has 2 N–H and O–H groups in total. The van der Waals surface area contributed by atoms with Gasteiger partial charge in [0.05, 0.1) is 15.7 Å². The van der Waals surface area contributed by atoms with Gasteiger partial charge < -0.3 is 15.4 Å². The second-order valence-corrected chi connectivity index (χ2v) is 9.72. The van der Waals surface area contributed by atoms with E-state index in [9.17, 15) is 14.4 Å². The molecule has 5 rings (SSSR count). The van der Waals surface area contributed by atoms with Crippen LogP contribution < -0.4 is 15.4 Å². The van der Waals surface area contributed by atoms with Crippen molar-refractivity contribution in [2.75, 3.05) is 11.9 Å². The van der Waals surface area contributed by atoms with Crippen molar-refractivity contribution in [3.05, 3.63) is 80.6 Å². The average molecular weight is 511 g/mol. The average Bonchev–Trinajstić information content (AvgIpc) is 2.84. The van der Waals surface area contributed by atoms with Crippen molar-refractivity contribution in [3.8, 4) is 5.75 Å². The van der Waals surface area contributed by atoms with Gasteiger partial charge in [0.15, 0.2) is 18.2 Å². The number of benzene rings is 2. The van der Waals surface area contributed by atoms with E-state index in [2.05, 4.69) is 10.6 Å². The smallest absolute Gasteiger partial charge is 0.262 e. The molecule has 3 aliphatic rings. The molecule has 0 atom stereocenters. The lowest BCUT2D eigenvalue weighted by atomic mass is 9.71. The number of para-hydroxylation sites is 1. The van der Waals surface area contributed by atoms with Crippen LogP contribution in [-0.2, 0) is 14.4 Å². The van der Waals surface area contributed by atoms with Gasteiger partial charge in [-0.25, -0.2) is 0 Å². The highest BCUT2D eigenvalue weighted by molar-refractivity contribution is 6.33. The molecule has 0 radical (unpaired) electrons. The number of carbonyl (C=O) groups is 3. The molecule has 1 aliphatic heterocycles. The van der Waals surface area contributed by atoms with Crippen molar-refractivity contribution in [2.24, 2.45) is 0 Å². The Bertz CT molecular complexity index is 1260. The summed E-state index contributed by atoms with van der Waals surface area (Å²) >= 11 is 12.6. The molecule has 0 fully saturated rings. The number of hydrogen-bond acceptors (Lipinski definition) is 5. The topological polar surface area (TPSA) is 84.5 Å². The van der Waals surface area contributed by atoms with Crippen LogP contribution in [0, 0.1) is 0 Å². The van der Waals surface area contributed by atoms with Gasteiger partial charge in [-0.2, -0.15) is 0 Å². The van der Waals surface area contributed by atoms with E-state index in [0.717, 1.165) is 42.6 Å². The fourth-order valence-electron chi connectivity index (χ4n) is 5.02. The first kappa shape index (κ1) is 23.6. The zero-order valence-corrected chi connectivity index (χ0v) is 20.5. The molecule has 0 unspecified atom stereocenters. The van der Waals surface area contributed by atoms with Crippen LogP contribution in [0.3, 0.4) is 0 Å². The highest BCUT2D eigenvalue weighted by Gasteiger charge is 2.40. The Morgan fingerprint density at radius 3 is 2.20 bits per heavy atom. The number of ether oxygens (including phenoxy) is 1. The predicted molar refractivity (Wildman–Crippen MR) is 135 cm³/mol. The van der Waals surface area contributed by atoms with Gasteiger partial charge in [0, 0.05) is 41.3 Å². The molecule has 0 bridgehead atoms. The lowest BCUT2D eigenvalue weighted by Gasteiger charge is -2.37. The van der Waals surface area contributed by atoms with Gasteiger partial charge in [0.25, 0.3) is 5.91 Å². The predicted octanol–water partition coefficient (Wildman–Crippen LogP) is 5.71. The first-order chi connectivity index (χ1) is 16.9. The number of carbonyl (C=O) groups excluding carboxylic acids is 3. The SMILES string of the molecule is O=C(COc1ccc(C2C3=C(CCCC3=O)NC3=C2C(=O)CCC3)cc1Cl)Nc1ccccc1Cl. The van der Waals surface area contributed by atoms with E-state index in [4.69, 9.17) is 27.9 Å². The van der Waals surface area contributed by atoms with Gasteiger partial charge in [-0.3, -0.25) is 14.4 Å². The molecule has 8 heteroatoms. The largest absolute Gasteiger partial charge is 0.482 e. The third-order valence-electron chi connectivity index (χ3n) is 6.59. The van der Waals surface area contributed by atoms with Gasteiger partial charge in [-0.15, -0.1) is 0 Å². The Kier molecular flexibility index (Phi) is 6.67. The number of ketones is 2. The molecule has 0 saturated heterocycles. The van der Waals surface area contributed by atoms with Crippen LogP contribution in [0.5, 0.6) is 5.75 Å². The molecule has 0 saturated carbocycles. The number of nitrogens with one attached hydrogen (secondary N) is 2. The number of halogens is 2. The van der Waals surface area contributed by atoms with Gasteiger partial charge in [-0.1, -0.05) is 41.4 Å². The molecule has 1 heterocycles. The molecule has 2 aromatic rings. The highest BCUT2D eigenvalue weighted by atomic mass is 35.5. The van der Waals surface area contributed by atoms with Crippen LogP contribution >= 0.6 is 23.2 Å². The second-order valence-electron chi connectivity index (χ2n) is 8.90. The maximum Gasteiger partial charge on any atom is 0.262 e. The minimum atomic E-state index is -0.433. The molecule has 1 amide bonds. The maximum absolute atomic E-state index is 13.0. The van der Waals surface area contributed by atoms with Crippen molar-refractivity contribution in [1.82, 2.24) is 5.32 Å². The lowest BCUT2D eigenvalue weighted by molar-refractivity contribution is -0.118. The normalized spacial score (nSPS) is 18.1. The molecule has 6 nitrogen and oxygen atoms in total. The van der Waals surface area contributed by atoms with Crippen molar-refractivity contribution < 1.29 is 19.1 Å². The zero-order chi connectivity index (χ0) is 24.5. The number of Topliss-reactive ketones (excluding diaryl/α,β-unsaturated/α-hetero) is 2. The second kappa shape index (κ2) is 9.88. The first-order valence-electron chi connectivity index (χ1n) is 11.7. The number of dihydropyridines is 1. The summed E-state index contributed by atoms with van der Waals surface area (Å²) in [7, 11) is 0. The van der Waals surface area contributed by atoms with Gasteiger partial charge in [0.2, 0.25) is 0 Å². The van der Waals surface area contributed by atoms with E-state index in [1.165, 1.54) is 0 Å². The van der Waals surface area contributed by atoms with Gasteiger partial charge in [0.1, 0.15) is 5.75 Å². The molecule has 35 heavy (non-hydrogen) atoms. The number of rotatable bonds is 5. The van der Waals surface area contributed by atoms with E-state index in [-0.39, 0.29) is 24.1 Å². The van der Waals surface area contributed by atoms with E-state index < -0.39 is 5.92 Å². The van der Waals surface area contributed by atoms with Crippen LogP contribution in [0.15, 0.2) is 65.0 Å². The van der Waals surface area contributed by atoms with Crippen LogP contribution in [0.1, 0.15) is 50.0 Å². The Morgan fingerprint density at radius 1 is 0.914 bits per heavy atom. The summed E-state index contributed by atoms with van der Waals surface area (Å²) < 4.78 is 5.65. The van der Waals surface area contributed by atoms with Crippen LogP contribution in [0.4, 0.5) is 5.69 Å². The molecule has 0 aromatic heterocycles. The minimum Gasteiger partial charge on any atom is -0.482 e. The monoisotopic (exact) mass is 510 g/mol. The molecule has 2 aliphatic carbocycles. The third kappa shape index (κ3) is 4.73. The maximum atomic E-state index is 13.0. The van der Waals surface area contributed by atoms with Crippen LogP contribution in [0.2, 0.25) is 10.0 Å². The van der Waals surface area contributed by atoms with Crippen molar-refractivity contribution in [3.63, 3.8) is 0 Å². The quantitative estimate of drug-likeness (QED) is 0.537. The standard InChI is InChI=1S/C27H24Cl2N2O4/c28-16-5-1-2-6-18(16)31-24(34)14-35-23-12-11-15(13-17(23)29)25-26-19(7-3-9-21(26)32)30-20-8-4-10-22(33)27(20)25/h1-2,5-6,11-13,25,30H,3-4,7-10,14H2,(H,31,34). The number of hydrogen-bond donors (Lipinski definition) is 2. The summed E-state index contributed by atoms with van der Waals surface area (Å²) in [4.78, 5) is 38.2. The van der Waals surface area contributed by atoms with Crippen LogP contribution in [-0.4, -0.2) is 24.1 Å². The molecular formula is C27H24Cl2N2O4. The summed E-state index contributed by atoms with van der Waals surface area (Å²) in [6.45, 7) is -0.251. The summed E-state index contributed by atoms with van der Waals surface area (Å²) in [5.41, 5.74) is 4.47. The Hall–Kier alpha value is -3.09. The first-order valence-corrected chi connectivity index (χ1v) is 12.4. The Morgan fingerprint density at radius 2 is 1.57 bits per heavy atom. The zero-order valence-electron chi connectivity index (χ0n) is 19.0. The van der Waals surface area contributed by atoms with E-state index in [0.29, 0.717) is 45.5 Å². The Balaban J connectivity index is 1.39. The highest BCUT2D eigenvalue weighted by Crippen LogP contribution is 2.46. The molecule has 180 valence electrons. The number of anilines is 1. The number of allylic oxidation sites excluding steroid dienone is 4. The fourth-order valence-corrected chi connectivity index (χ4v) is 5.45. The lowest BCUT2D eigenvalue weighted by Crippen LogP contribution is -2.36. The van der Waals surface area contributed by atoms with Crippen molar-refractivity contribution >= 4 is 46.4 Å². The van der Waals surface area contributed by atoms with E-state index in [1.807, 2.05) is 6.07 Å². The summed E-state index contributed by atoms with van der Waals surface area (Å²) in [6.07, 6.45) is 4.14. The fraction of sp³-hybridized carbons (Fsp3) is 0.296. The number of amides is 1.